The van der Waals surface area contributed by atoms with Crippen LogP contribution in [0.1, 0.15) is 38.9 Å². The maximum absolute atomic E-state index is 11.5. The summed E-state index contributed by atoms with van der Waals surface area (Å²) in [5.41, 5.74) is 0.558. The number of aliphatic hydroxyl groups is 1. The third kappa shape index (κ3) is 3.94. The molecule has 3 nitrogen and oxygen atoms in total. The standard InChI is InChI=1S/C12H19NO2S/c1-12(2,3)11(15)13-6-4-10(14)9-5-7-16-8-9/h5,7-8,10,14H,4,6H2,1-3H3,(H,13,15). The van der Waals surface area contributed by atoms with Crippen LogP contribution in [0.4, 0.5) is 0 Å². The summed E-state index contributed by atoms with van der Waals surface area (Å²) in [6, 6.07) is 1.90. The van der Waals surface area contributed by atoms with Crippen LogP contribution < -0.4 is 5.32 Å². The van der Waals surface area contributed by atoms with E-state index in [1.807, 2.05) is 37.6 Å². The number of carbonyl (C=O) groups excluding carboxylic acids is 1. The minimum Gasteiger partial charge on any atom is -0.388 e. The van der Waals surface area contributed by atoms with Crippen molar-refractivity contribution in [2.75, 3.05) is 6.54 Å². The second-order valence-corrected chi connectivity index (χ2v) is 5.65. The summed E-state index contributed by atoms with van der Waals surface area (Å²) in [5.74, 6) is 0.0185. The van der Waals surface area contributed by atoms with Gasteiger partial charge in [-0.3, -0.25) is 4.79 Å². The van der Waals surface area contributed by atoms with Gasteiger partial charge in [0.05, 0.1) is 6.10 Å². The molecule has 0 saturated heterocycles. The zero-order valence-corrected chi connectivity index (χ0v) is 10.8. The zero-order valence-electron chi connectivity index (χ0n) is 9.99. The Morgan fingerprint density at radius 3 is 2.75 bits per heavy atom. The molecule has 1 atom stereocenters. The summed E-state index contributed by atoms with van der Waals surface area (Å²) in [7, 11) is 0. The molecule has 1 aromatic rings. The molecule has 0 aromatic carbocycles. The minimum atomic E-state index is -0.480. The topological polar surface area (TPSA) is 49.3 Å². The van der Waals surface area contributed by atoms with Crippen LogP contribution in [0.15, 0.2) is 16.8 Å². The van der Waals surface area contributed by atoms with Gasteiger partial charge in [0, 0.05) is 12.0 Å². The fourth-order valence-corrected chi connectivity index (χ4v) is 1.93. The maximum atomic E-state index is 11.5. The van der Waals surface area contributed by atoms with E-state index in [1.165, 1.54) is 0 Å². The highest BCUT2D eigenvalue weighted by atomic mass is 32.1. The number of hydrogen-bond donors (Lipinski definition) is 2. The van der Waals surface area contributed by atoms with Crippen LogP contribution in [0, 0.1) is 5.41 Å². The van der Waals surface area contributed by atoms with E-state index < -0.39 is 6.10 Å². The van der Waals surface area contributed by atoms with Crippen LogP contribution in [0.25, 0.3) is 0 Å². The first kappa shape index (κ1) is 13.2. The van der Waals surface area contributed by atoms with E-state index in [0.29, 0.717) is 13.0 Å². The Morgan fingerprint density at radius 1 is 1.56 bits per heavy atom. The summed E-state index contributed by atoms with van der Waals surface area (Å²) in [5, 5.41) is 16.5. The molecule has 0 radical (unpaired) electrons. The summed E-state index contributed by atoms with van der Waals surface area (Å²) >= 11 is 1.56. The van der Waals surface area contributed by atoms with Gasteiger partial charge in [0.2, 0.25) is 5.91 Å². The van der Waals surface area contributed by atoms with E-state index in [2.05, 4.69) is 5.32 Å². The quantitative estimate of drug-likeness (QED) is 0.850. The van der Waals surface area contributed by atoms with Gasteiger partial charge < -0.3 is 10.4 Å². The van der Waals surface area contributed by atoms with Crippen molar-refractivity contribution in [3.63, 3.8) is 0 Å². The summed E-state index contributed by atoms with van der Waals surface area (Å²) in [4.78, 5) is 11.5. The zero-order chi connectivity index (χ0) is 12.2. The average molecular weight is 241 g/mol. The Bertz CT molecular complexity index is 327. The average Bonchev–Trinajstić information content (AvgIpc) is 2.68. The molecule has 1 heterocycles. The van der Waals surface area contributed by atoms with E-state index in [4.69, 9.17) is 0 Å². The van der Waals surface area contributed by atoms with E-state index in [1.54, 1.807) is 11.3 Å². The highest BCUT2D eigenvalue weighted by molar-refractivity contribution is 7.07. The van der Waals surface area contributed by atoms with Crippen molar-refractivity contribution in [2.24, 2.45) is 5.41 Å². The monoisotopic (exact) mass is 241 g/mol. The van der Waals surface area contributed by atoms with Crippen LogP contribution in [0.3, 0.4) is 0 Å². The second-order valence-electron chi connectivity index (χ2n) is 4.87. The lowest BCUT2D eigenvalue weighted by molar-refractivity contribution is -0.128. The highest BCUT2D eigenvalue weighted by Gasteiger charge is 2.20. The fraction of sp³-hybridized carbons (Fsp3) is 0.583. The number of thiophene rings is 1. The maximum Gasteiger partial charge on any atom is 0.225 e. The first-order valence-corrected chi connectivity index (χ1v) is 6.34. The predicted octanol–water partition coefficient (Wildman–Crippen LogP) is 2.33. The van der Waals surface area contributed by atoms with E-state index in [-0.39, 0.29) is 11.3 Å². The van der Waals surface area contributed by atoms with Gasteiger partial charge in [-0.1, -0.05) is 20.8 Å². The third-order valence-corrected chi connectivity index (χ3v) is 3.01. The summed E-state index contributed by atoms with van der Waals surface area (Å²) in [6.07, 6.45) is 0.0740. The van der Waals surface area contributed by atoms with Gasteiger partial charge in [0.1, 0.15) is 0 Å². The van der Waals surface area contributed by atoms with Crippen LogP contribution in [0.2, 0.25) is 0 Å². The third-order valence-electron chi connectivity index (χ3n) is 2.31. The van der Waals surface area contributed by atoms with Gasteiger partial charge in [0.25, 0.3) is 0 Å². The second kappa shape index (κ2) is 5.46. The molecule has 0 saturated carbocycles. The molecule has 0 bridgehead atoms. The molecular formula is C12H19NO2S. The molecule has 0 aliphatic heterocycles. The first-order chi connectivity index (χ1) is 7.41. The SMILES string of the molecule is CC(C)(C)C(=O)NCCC(O)c1ccsc1. The lowest BCUT2D eigenvalue weighted by Gasteiger charge is -2.18. The molecule has 0 spiro atoms. The minimum absolute atomic E-state index is 0.0185. The lowest BCUT2D eigenvalue weighted by Crippen LogP contribution is -2.35. The van der Waals surface area contributed by atoms with Crippen molar-refractivity contribution >= 4 is 17.2 Å². The fourth-order valence-electron chi connectivity index (χ4n) is 1.22. The van der Waals surface area contributed by atoms with Crippen molar-refractivity contribution in [1.82, 2.24) is 5.32 Å². The molecule has 0 fully saturated rings. The largest absolute Gasteiger partial charge is 0.388 e. The number of amides is 1. The Morgan fingerprint density at radius 2 is 2.25 bits per heavy atom. The van der Waals surface area contributed by atoms with Crippen molar-refractivity contribution in [1.29, 1.82) is 0 Å². The molecule has 0 aliphatic rings. The van der Waals surface area contributed by atoms with E-state index in [0.717, 1.165) is 5.56 Å². The van der Waals surface area contributed by atoms with Crippen molar-refractivity contribution in [3.8, 4) is 0 Å². The molecular weight excluding hydrogens is 222 g/mol. The van der Waals surface area contributed by atoms with Crippen LogP contribution >= 0.6 is 11.3 Å². The lowest BCUT2D eigenvalue weighted by atomic mass is 9.95. The van der Waals surface area contributed by atoms with Gasteiger partial charge in [-0.15, -0.1) is 0 Å². The molecule has 1 amide bonds. The van der Waals surface area contributed by atoms with Gasteiger partial charge in [-0.05, 0) is 28.8 Å². The van der Waals surface area contributed by atoms with Crippen LogP contribution in [-0.2, 0) is 4.79 Å². The smallest absolute Gasteiger partial charge is 0.225 e. The van der Waals surface area contributed by atoms with Crippen LogP contribution in [-0.4, -0.2) is 17.6 Å². The van der Waals surface area contributed by atoms with Crippen molar-refractivity contribution < 1.29 is 9.90 Å². The van der Waals surface area contributed by atoms with Gasteiger partial charge in [-0.2, -0.15) is 11.3 Å². The van der Waals surface area contributed by atoms with Gasteiger partial charge in [-0.25, -0.2) is 0 Å². The number of aliphatic hydroxyl groups excluding tert-OH is 1. The predicted molar refractivity (Wildman–Crippen MR) is 66.4 cm³/mol. The van der Waals surface area contributed by atoms with Crippen molar-refractivity contribution in [2.45, 2.75) is 33.3 Å². The molecule has 1 unspecified atom stereocenters. The Kier molecular flexibility index (Phi) is 4.50. The Balaban J connectivity index is 2.29. The van der Waals surface area contributed by atoms with E-state index in [9.17, 15) is 9.90 Å². The first-order valence-electron chi connectivity index (χ1n) is 5.39. The molecule has 1 aromatic heterocycles. The summed E-state index contributed by atoms with van der Waals surface area (Å²) in [6.45, 7) is 6.13. The number of nitrogens with one attached hydrogen (secondary N) is 1. The number of rotatable bonds is 4. The molecule has 1 rings (SSSR count). The number of carbonyl (C=O) groups is 1. The van der Waals surface area contributed by atoms with Gasteiger partial charge >= 0.3 is 0 Å². The van der Waals surface area contributed by atoms with Crippen LogP contribution in [0.5, 0.6) is 0 Å². The van der Waals surface area contributed by atoms with E-state index >= 15 is 0 Å². The molecule has 90 valence electrons. The van der Waals surface area contributed by atoms with Crippen molar-refractivity contribution in [3.05, 3.63) is 22.4 Å². The highest BCUT2D eigenvalue weighted by Crippen LogP contribution is 2.19. The normalized spacial score (nSPS) is 13.5. The molecule has 2 N–H and O–H groups in total. The molecule has 0 aliphatic carbocycles. The summed E-state index contributed by atoms with van der Waals surface area (Å²) < 4.78 is 0. The number of hydrogen-bond acceptors (Lipinski definition) is 3. The molecule has 16 heavy (non-hydrogen) atoms. The Labute approximate surface area is 100 Å². The Hall–Kier alpha value is -0.870. The molecule has 4 heteroatoms. The van der Waals surface area contributed by atoms with Gasteiger partial charge in [0.15, 0.2) is 0 Å².